The number of carbonyl (C=O) groups is 3. The van der Waals surface area contributed by atoms with Crippen molar-refractivity contribution in [3.63, 3.8) is 0 Å². The molecule has 0 saturated heterocycles. The molecule has 0 aliphatic heterocycles. The standard InChI is InChI=1S/C7H10O5/c1-3-11-6(9)4-12-7(10)5(2)8/h3-4H2,1-2H3. The van der Waals surface area contributed by atoms with Gasteiger partial charge in [0.25, 0.3) is 0 Å². The molecule has 0 aromatic heterocycles. The summed E-state index contributed by atoms with van der Waals surface area (Å²) < 4.78 is 8.70. The molecule has 0 rings (SSSR count). The SMILES string of the molecule is CCOC(=O)COC(=O)C(C)=O. The third kappa shape index (κ3) is 4.43. The van der Waals surface area contributed by atoms with Crippen molar-refractivity contribution >= 4 is 17.7 Å². The molecule has 0 unspecified atom stereocenters. The van der Waals surface area contributed by atoms with Gasteiger partial charge in [0.1, 0.15) is 0 Å². The van der Waals surface area contributed by atoms with Gasteiger partial charge >= 0.3 is 11.9 Å². The van der Waals surface area contributed by atoms with E-state index in [-0.39, 0.29) is 6.61 Å². The van der Waals surface area contributed by atoms with Gasteiger partial charge in [0.05, 0.1) is 6.61 Å². The Bertz CT molecular complexity index is 196. The highest BCUT2D eigenvalue weighted by Gasteiger charge is 2.11. The number of ketones is 1. The molecule has 0 N–H and O–H groups in total. The van der Waals surface area contributed by atoms with E-state index in [0.29, 0.717) is 0 Å². The fourth-order valence-corrected chi connectivity index (χ4v) is 0.429. The minimum absolute atomic E-state index is 0.219. The van der Waals surface area contributed by atoms with Gasteiger partial charge in [-0.1, -0.05) is 0 Å². The van der Waals surface area contributed by atoms with Crippen LogP contribution in [0.4, 0.5) is 0 Å². The first-order valence-corrected chi connectivity index (χ1v) is 3.41. The van der Waals surface area contributed by atoms with Crippen LogP contribution in [0, 0.1) is 0 Å². The van der Waals surface area contributed by atoms with Gasteiger partial charge < -0.3 is 9.47 Å². The number of carbonyl (C=O) groups excluding carboxylic acids is 3. The Labute approximate surface area is 69.6 Å². The van der Waals surface area contributed by atoms with Gasteiger partial charge in [-0.25, -0.2) is 9.59 Å². The fraction of sp³-hybridized carbons (Fsp3) is 0.571. The van der Waals surface area contributed by atoms with Gasteiger partial charge in [0, 0.05) is 6.92 Å². The van der Waals surface area contributed by atoms with Gasteiger partial charge in [-0.2, -0.15) is 0 Å². The predicted octanol–water partition coefficient (Wildman–Crippen LogP) is -0.318. The molecular weight excluding hydrogens is 164 g/mol. The van der Waals surface area contributed by atoms with Crippen LogP contribution in [0.15, 0.2) is 0 Å². The van der Waals surface area contributed by atoms with Crippen LogP contribution in [-0.2, 0) is 23.9 Å². The molecule has 0 aromatic carbocycles. The number of Topliss-reactive ketones (excluding diaryl/α,β-unsaturated/α-hetero) is 1. The maximum absolute atomic E-state index is 10.6. The summed E-state index contributed by atoms with van der Waals surface area (Å²) in [5.41, 5.74) is 0. The maximum Gasteiger partial charge on any atom is 0.374 e. The van der Waals surface area contributed by atoms with Crippen LogP contribution in [0.25, 0.3) is 0 Å². The Hall–Kier alpha value is -1.39. The van der Waals surface area contributed by atoms with E-state index in [0.717, 1.165) is 6.92 Å². The van der Waals surface area contributed by atoms with Crippen molar-refractivity contribution in [3.8, 4) is 0 Å². The van der Waals surface area contributed by atoms with Gasteiger partial charge in [-0.05, 0) is 6.92 Å². The van der Waals surface area contributed by atoms with E-state index in [1.165, 1.54) is 0 Å². The molecule has 0 amide bonds. The first-order valence-electron chi connectivity index (χ1n) is 3.41. The summed E-state index contributed by atoms with van der Waals surface area (Å²) in [7, 11) is 0. The molecular formula is C7H10O5. The Morgan fingerprint density at radius 2 is 1.75 bits per heavy atom. The van der Waals surface area contributed by atoms with Crippen molar-refractivity contribution in [1.29, 1.82) is 0 Å². The number of ether oxygens (including phenoxy) is 2. The zero-order valence-electron chi connectivity index (χ0n) is 6.96. The highest BCUT2D eigenvalue weighted by molar-refractivity contribution is 6.32. The Kier molecular flexibility index (Phi) is 4.67. The van der Waals surface area contributed by atoms with E-state index in [9.17, 15) is 14.4 Å². The molecule has 68 valence electrons. The molecule has 5 heteroatoms. The molecule has 0 aliphatic rings. The summed E-state index contributed by atoms with van der Waals surface area (Å²) in [6.07, 6.45) is 0. The minimum atomic E-state index is -1.02. The third-order valence-corrected chi connectivity index (χ3v) is 0.914. The quantitative estimate of drug-likeness (QED) is 0.431. The lowest BCUT2D eigenvalue weighted by Crippen LogP contribution is -2.20. The first kappa shape index (κ1) is 10.6. The monoisotopic (exact) mass is 174 g/mol. The molecule has 0 heterocycles. The lowest BCUT2D eigenvalue weighted by Gasteiger charge is -2.01. The smallest absolute Gasteiger partial charge is 0.374 e. The summed E-state index contributed by atoms with van der Waals surface area (Å²) in [5, 5.41) is 0. The number of hydrogen-bond acceptors (Lipinski definition) is 5. The molecule has 0 aliphatic carbocycles. The van der Waals surface area contributed by atoms with E-state index in [4.69, 9.17) is 0 Å². The van der Waals surface area contributed by atoms with Crippen molar-refractivity contribution in [2.24, 2.45) is 0 Å². The topological polar surface area (TPSA) is 69.7 Å². The molecule has 0 radical (unpaired) electrons. The Morgan fingerprint density at radius 3 is 2.17 bits per heavy atom. The van der Waals surface area contributed by atoms with E-state index in [1.807, 2.05) is 0 Å². The predicted molar refractivity (Wildman–Crippen MR) is 38.3 cm³/mol. The zero-order valence-corrected chi connectivity index (χ0v) is 6.96. The molecule has 0 atom stereocenters. The van der Waals surface area contributed by atoms with E-state index < -0.39 is 24.3 Å². The largest absolute Gasteiger partial charge is 0.463 e. The van der Waals surface area contributed by atoms with Crippen LogP contribution < -0.4 is 0 Å². The van der Waals surface area contributed by atoms with Crippen LogP contribution >= 0.6 is 0 Å². The van der Waals surface area contributed by atoms with Crippen LogP contribution in [0.5, 0.6) is 0 Å². The molecule has 12 heavy (non-hydrogen) atoms. The fourth-order valence-electron chi connectivity index (χ4n) is 0.429. The second kappa shape index (κ2) is 5.29. The molecule has 0 spiro atoms. The van der Waals surface area contributed by atoms with Crippen molar-refractivity contribution in [2.45, 2.75) is 13.8 Å². The van der Waals surface area contributed by atoms with E-state index >= 15 is 0 Å². The zero-order chi connectivity index (χ0) is 9.56. The van der Waals surface area contributed by atoms with Crippen molar-refractivity contribution in [2.75, 3.05) is 13.2 Å². The normalized spacial score (nSPS) is 8.83. The van der Waals surface area contributed by atoms with E-state index in [2.05, 4.69) is 9.47 Å². The molecule has 0 bridgehead atoms. The van der Waals surface area contributed by atoms with Gasteiger partial charge in [-0.3, -0.25) is 4.79 Å². The maximum atomic E-state index is 10.6. The second-order valence-electron chi connectivity index (χ2n) is 1.94. The van der Waals surface area contributed by atoms with Crippen molar-refractivity contribution < 1.29 is 23.9 Å². The molecule has 0 fully saturated rings. The molecule has 5 nitrogen and oxygen atoms in total. The van der Waals surface area contributed by atoms with Crippen LogP contribution in [0.1, 0.15) is 13.8 Å². The summed E-state index contributed by atoms with van der Waals surface area (Å²) >= 11 is 0. The average Bonchev–Trinajstić information content (AvgIpc) is 2.00. The Morgan fingerprint density at radius 1 is 1.17 bits per heavy atom. The first-order chi connectivity index (χ1) is 5.57. The second-order valence-corrected chi connectivity index (χ2v) is 1.94. The number of esters is 2. The Balaban J connectivity index is 3.61. The number of hydrogen-bond donors (Lipinski definition) is 0. The minimum Gasteiger partial charge on any atom is -0.463 e. The lowest BCUT2D eigenvalue weighted by atomic mass is 10.5. The third-order valence-electron chi connectivity index (χ3n) is 0.914. The molecule has 0 saturated carbocycles. The van der Waals surface area contributed by atoms with Gasteiger partial charge in [0.15, 0.2) is 6.61 Å². The summed E-state index contributed by atoms with van der Waals surface area (Å²) in [5.74, 6) is -2.42. The van der Waals surface area contributed by atoms with E-state index in [1.54, 1.807) is 6.92 Å². The highest BCUT2D eigenvalue weighted by Crippen LogP contribution is 1.83. The van der Waals surface area contributed by atoms with Gasteiger partial charge in [0.2, 0.25) is 5.78 Å². The van der Waals surface area contributed by atoms with Crippen LogP contribution in [-0.4, -0.2) is 30.9 Å². The van der Waals surface area contributed by atoms with Crippen molar-refractivity contribution in [1.82, 2.24) is 0 Å². The number of rotatable bonds is 4. The van der Waals surface area contributed by atoms with Crippen LogP contribution in [0.2, 0.25) is 0 Å². The summed E-state index contributed by atoms with van der Waals surface area (Å²) in [6, 6.07) is 0. The summed E-state index contributed by atoms with van der Waals surface area (Å²) in [6.45, 7) is 2.40. The highest BCUT2D eigenvalue weighted by atomic mass is 16.6. The van der Waals surface area contributed by atoms with Gasteiger partial charge in [-0.15, -0.1) is 0 Å². The average molecular weight is 174 g/mol. The molecule has 0 aromatic rings. The lowest BCUT2D eigenvalue weighted by molar-refractivity contribution is -0.161. The van der Waals surface area contributed by atoms with Crippen molar-refractivity contribution in [3.05, 3.63) is 0 Å². The summed E-state index contributed by atoms with van der Waals surface area (Å²) in [4.78, 5) is 31.3. The van der Waals surface area contributed by atoms with Crippen LogP contribution in [0.3, 0.4) is 0 Å².